The molecular formula is C9H6BrS. The Bertz CT molecular complexity index is 389. The van der Waals surface area contributed by atoms with E-state index in [0.717, 1.165) is 4.47 Å². The third-order valence-corrected chi connectivity index (χ3v) is 2.99. The highest BCUT2D eigenvalue weighted by molar-refractivity contribution is 9.10. The van der Waals surface area contributed by atoms with E-state index in [1.807, 2.05) is 0 Å². The molecule has 2 heteroatoms. The number of rotatable bonds is 0. The van der Waals surface area contributed by atoms with Crippen molar-refractivity contribution in [2.75, 3.05) is 0 Å². The first kappa shape index (κ1) is 7.32. The zero-order chi connectivity index (χ0) is 7.84. The van der Waals surface area contributed by atoms with E-state index in [2.05, 4.69) is 47.1 Å². The molecule has 0 spiro atoms. The predicted molar refractivity (Wildman–Crippen MR) is 53.1 cm³/mol. The molecule has 1 radical (unpaired) electrons. The number of hydrogen-bond acceptors (Lipinski definition) is 1. The highest BCUT2D eigenvalue weighted by Gasteiger charge is 1.97. The average molecular weight is 226 g/mol. The maximum Gasteiger partial charge on any atom is 0.0352 e. The molecule has 1 aromatic heterocycles. The van der Waals surface area contributed by atoms with Gasteiger partial charge in [-0.1, -0.05) is 15.9 Å². The van der Waals surface area contributed by atoms with Crippen LogP contribution in [0.25, 0.3) is 10.1 Å². The summed E-state index contributed by atoms with van der Waals surface area (Å²) < 4.78 is 2.43. The molecule has 1 heterocycles. The second-order valence-corrected chi connectivity index (χ2v) is 4.60. The van der Waals surface area contributed by atoms with E-state index in [1.165, 1.54) is 15.0 Å². The minimum Gasteiger partial charge on any atom is -0.140 e. The van der Waals surface area contributed by atoms with Crippen LogP contribution >= 0.6 is 27.3 Å². The monoisotopic (exact) mass is 225 g/mol. The maximum atomic E-state index is 3.43. The Labute approximate surface area is 78.0 Å². The third-order valence-electron chi connectivity index (χ3n) is 1.52. The van der Waals surface area contributed by atoms with Gasteiger partial charge in [0.05, 0.1) is 0 Å². The Morgan fingerprint density at radius 1 is 1.45 bits per heavy atom. The van der Waals surface area contributed by atoms with Crippen LogP contribution in [-0.2, 0) is 0 Å². The smallest absolute Gasteiger partial charge is 0.0352 e. The minimum absolute atomic E-state index is 1.12. The van der Waals surface area contributed by atoms with Gasteiger partial charge in [-0.05, 0) is 25.1 Å². The lowest BCUT2D eigenvalue weighted by molar-refractivity contribution is 1.64. The summed E-state index contributed by atoms with van der Waals surface area (Å²) in [6.07, 6.45) is 0. The number of halogens is 1. The van der Waals surface area contributed by atoms with Crippen molar-refractivity contribution in [1.82, 2.24) is 0 Å². The summed E-state index contributed by atoms with van der Waals surface area (Å²) in [7, 11) is 0. The summed E-state index contributed by atoms with van der Waals surface area (Å²) in [5.41, 5.74) is 0. The number of thiophene rings is 1. The predicted octanol–water partition coefficient (Wildman–Crippen LogP) is 3.77. The van der Waals surface area contributed by atoms with Crippen molar-refractivity contribution in [3.8, 4) is 0 Å². The highest BCUT2D eigenvalue weighted by Crippen LogP contribution is 2.26. The lowest BCUT2D eigenvalue weighted by atomic mass is 10.2. The fourth-order valence-corrected chi connectivity index (χ4v) is 2.28. The molecule has 0 N–H and O–H groups in total. The number of hydrogen-bond donors (Lipinski definition) is 0. The highest BCUT2D eigenvalue weighted by atomic mass is 79.9. The van der Waals surface area contributed by atoms with Gasteiger partial charge in [-0.25, -0.2) is 0 Å². The van der Waals surface area contributed by atoms with Crippen molar-refractivity contribution >= 4 is 37.4 Å². The quantitative estimate of drug-likeness (QED) is 0.641. The van der Waals surface area contributed by atoms with Gasteiger partial charge in [0.15, 0.2) is 0 Å². The Hall–Kier alpha value is -0.340. The molecule has 0 amide bonds. The first-order chi connectivity index (χ1) is 5.25. The molecular weight excluding hydrogens is 220 g/mol. The molecule has 11 heavy (non-hydrogen) atoms. The third kappa shape index (κ3) is 1.33. The molecule has 0 atom stereocenters. The molecule has 0 fully saturated rings. The topological polar surface area (TPSA) is 0 Å². The van der Waals surface area contributed by atoms with Crippen molar-refractivity contribution in [1.29, 1.82) is 0 Å². The van der Waals surface area contributed by atoms with Crippen LogP contribution < -0.4 is 0 Å². The summed E-state index contributed by atoms with van der Waals surface area (Å²) in [6.45, 7) is 2.08. The molecule has 2 rings (SSSR count). The van der Waals surface area contributed by atoms with Crippen molar-refractivity contribution < 1.29 is 0 Å². The molecule has 2 aromatic rings. The van der Waals surface area contributed by atoms with Crippen LogP contribution in [0.15, 0.2) is 22.7 Å². The molecule has 0 nitrogen and oxygen atoms in total. The van der Waals surface area contributed by atoms with Gasteiger partial charge in [0.25, 0.3) is 0 Å². The molecule has 0 saturated heterocycles. The summed E-state index contributed by atoms with van der Waals surface area (Å²) in [6, 6.07) is 9.56. The first-order valence-corrected chi connectivity index (χ1v) is 4.94. The molecule has 0 bridgehead atoms. The first-order valence-electron chi connectivity index (χ1n) is 3.34. The fraction of sp³-hybridized carbons (Fsp3) is 0.111. The lowest BCUT2D eigenvalue weighted by Gasteiger charge is -1.88. The fourth-order valence-electron chi connectivity index (χ4n) is 1.07. The van der Waals surface area contributed by atoms with Crippen molar-refractivity contribution in [3.05, 3.63) is 33.6 Å². The summed E-state index contributed by atoms with van der Waals surface area (Å²) in [5.74, 6) is 0. The van der Waals surface area contributed by atoms with E-state index < -0.39 is 0 Å². The zero-order valence-electron chi connectivity index (χ0n) is 6.02. The summed E-state index contributed by atoms with van der Waals surface area (Å²) in [5, 5.41) is 1.21. The molecule has 0 unspecified atom stereocenters. The molecule has 0 aliphatic rings. The summed E-state index contributed by atoms with van der Waals surface area (Å²) in [4.78, 5) is 1.25. The molecule has 0 aliphatic heterocycles. The van der Waals surface area contributed by atoms with Gasteiger partial charge in [0, 0.05) is 25.5 Å². The van der Waals surface area contributed by atoms with Crippen molar-refractivity contribution in [3.63, 3.8) is 0 Å². The van der Waals surface area contributed by atoms with Gasteiger partial charge in [-0.3, -0.25) is 0 Å². The minimum atomic E-state index is 1.12. The van der Waals surface area contributed by atoms with Gasteiger partial charge >= 0.3 is 0 Å². The van der Waals surface area contributed by atoms with E-state index in [1.54, 1.807) is 11.3 Å². The Morgan fingerprint density at radius 2 is 2.27 bits per heavy atom. The second-order valence-electron chi connectivity index (χ2n) is 2.42. The molecule has 0 aliphatic carbocycles. The van der Waals surface area contributed by atoms with Crippen LogP contribution in [-0.4, -0.2) is 0 Å². The lowest BCUT2D eigenvalue weighted by Crippen LogP contribution is -1.62. The average Bonchev–Trinajstić information content (AvgIpc) is 2.27. The van der Waals surface area contributed by atoms with Crippen LogP contribution in [0.1, 0.15) is 4.88 Å². The Kier molecular flexibility index (Phi) is 1.74. The van der Waals surface area contributed by atoms with Crippen molar-refractivity contribution in [2.45, 2.75) is 6.92 Å². The van der Waals surface area contributed by atoms with E-state index in [-0.39, 0.29) is 0 Å². The zero-order valence-corrected chi connectivity index (χ0v) is 8.42. The van der Waals surface area contributed by atoms with Gasteiger partial charge in [-0.15, -0.1) is 11.3 Å². The number of aryl methyl sites for hydroxylation is 1. The van der Waals surface area contributed by atoms with Gasteiger partial charge in [-0.2, -0.15) is 0 Å². The number of benzene rings is 1. The molecule has 1 aromatic carbocycles. The van der Waals surface area contributed by atoms with Gasteiger partial charge in [0.1, 0.15) is 0 Å². The van der Waals surface area contributed by atoms with Crippen LogP contribution in [0.3, 0.4) is 0 Å². The van der Waals surface area contributed by atoms with Gasteiger partial charge < -0.3 is 0 Å². The number of fused-ring (bicyclic) bond motifs is 1. The maximum absolute atomic E-state index is 3.43. The Morgan fingerprint density at radius 3 is 3.09 bits per heavy atom. The van der Waals surface area contributed by atoms with E-state index in [9.17, 15) is 0 Å². The van der Waals surface area contributed by atoms with Crippen LogP contribution in [0, 0.1) is 13.0 Å². The SMILES string of the molecule is Cc1[c]c2cc(Br)ccc2s1. The van der Waals surface area contributed by atoms with E-state index >= 15 is 0 Å². The molecule has 0 saturated carbocycles. The summed E-state index contributed by atoms with van der Waals surface area (Å²) >= 11 is 5.21. The van der Waals surface area contributed by atoms with E-state index in [0.29, 0.717) is 0 Å². The standard InChI is InChI=1S/C9H6BrS/c1-6-4-7-5-8(10)2-3-9(7)11-6/h2-3,5H,1H3. The largest absolute Gasteiger partial charge is 0.140 e. The van der Waals surface area contributed by atoms with Crippen LogP contribution in [0.4, 0.5) is 0 Å². The van der Waals surface area contributed by atoms with Crippen molar-refractivity contribution in [2.24, 2.45) is 0 Å². The Balaban J connectivity index is 2.82. The normalized spacial score (nSPS) is 10.7. The second kappa shape index (κ2) is 2.61. The van der Waals surface area contributed by atoms with E-state index in [4.69, 9.17) is 0 Å². The van der Waals surface area contributed by atoms with Crippen LogP contribution in [0.2, 0.25) is 0 Å². The van der Waals surface area contributed by atoms with Gasteiger partial charge in [0.2, 0.25) is 0 Å². The van der Waals surface area contributed by atoms with Crippen LogP contribution in [0.5, 0.6) is 0 Å². The molecule has 55 valence electrons.